The molecule has 3 heteroatoms. The van der Waals surface area contributed by atoms with Crippen LogP contribution in [0.3, 0.4) is 0 Å². The fraction of sp³-hybridized carbons (Fsp3) is 0.750. The van der Waals surface area contributed by atoms with Gasteiger partial charge < -0.3 is 5.11 Å². The molecule has 0 aromatic carbocycles. The van der Waals surface area contributed by atoms with Gasteiger partial charge in [0.2, 0.25) is 0 Å². The average molecular weight is 226 g/mol. The number of thioether (sulfide) groups is 1. The first-order valence-electron chi connectivity index (χ1n) is 5.48. The standard InChI is InChI=1S/C12H18O2S/c1-11(13)15-10-6-9-12(14)7-4-2-3-5-8-12/h14H,2-5,7-8,10H2,1H3. The number of hydrogen-bond acceptors (Lipinski definition) is 3. The summed E-state index contributed by atoms with van der Waals surface area (Å²) in [7, 11) is 0. The van der Waals surface area contributed by atoms with Gasteiger partial charge in [0.15, 0.2) is 5.12 Å². The van der Waals surface area contributed by atoms with Crippen LogP contribution in [0.25, 0.3) is 0 Å². The number of carbonyl (C=O) groups is 1. The summed E-state index contributed by atoms with van der Waals surface area (Å²) in [4.78, 5) is 10.7. The number of aliphatic hydroxyl groups is 1. The van der Waals surface area contributed by atoms with E-state index < -0.39 is 5.60 Å². The van der Waals surface area contributed by atoms with E-state index in [1.807, 2.05) is 0 Å². The average Bonchev–Trinajstić information content (AvgIpc) is 2.38. The maximum atomic E-state index is 10.7. The van der Waals surface area contributed by atoms with Crippen LogP contribution in [0.5, 0.6) is 0 Å². The van der Waals surface area contributed by atoms with Crippen molar-refractivity contribution in [1.29, 1.82) is 0 Å². The highest BCUT2D eigenvalue weighted by Crippen LogP contribution is 2.26. The van der Waals surface area contributed by atoms with E-state index in [4.69, 9.17) is 0 Å². The number of carbonyl (C=O) groups excluding carboxylic acids is 1. The second kappa shape index (κ2) is 6.19. The molecule has 0 atom stereocenters. The van der Waals surface area contributed by atoms with Gasteiger partial charge in [-0.1, -0.05) is 36.4 Å². The molecule has 1 aliphatic rings. The minimum atomic E-state index is -0.784. The molecule has 0 spiro atoms. The van der Waals surface area contributed by atoms with Gasteiger partial charge in [-0.05, 0) is 25.7 Å². The molecular formula is C12H18O2S. The predicted octanol–water partition coefficient (Wildman–Crippen LogP) is 2.35. The van der Waals surface area contributed by atoms with Crippen LogP contribution in [0, 0.1) is 11.8 Å². The third-order valence-electron chi connectivity index (χ3n) is 2.60. The first-order valence-corrected chi connectivity index (χ1v) is 6.47. The summed E-state index contributed by atoms with van der Waals surface area (Å²) in [5.74, 6) is 6.32. The van der Waals surface area contributed by atoms with Crippen molar-refractivity contribution in [3.8, 4) is 11.8 Å². The number of rotatable bonds is 1. The van der Waals surface area contributed by atoms with Gasteiger partial charge in [-0.2, -0.15) is 0 Å². The van der Waals surface area contributed by atoms with Crippen LogP contribution in [0.1, 0.15) is 45.4 Å². The second-order valence-corrected chi connectivity index (χ2v) is 5.18. The van der Waals surface area contributed by atoms with Crippen LogP contribution in [0.2, 0.25) is 0 Å². The molecule has 0 bridgehead atoms. The Hall–Kier alpha value is -0.460. The predicted molar refractivity (Wildman–Crippen MR) is 63.6 cm³/mol. The summed E-state index contributed by atoms with van der Waals surface area (Å²) < 4.78 is 0. The second-order valence-electron chi connectivity index (χ2n) is 4.03. The molecule has 0 aromatic heterocycles. The molecule has 15 heavy (non-hydrogen) atoms. The summed E-state index contributed by atoms with van der Waals surface area (Å²) in [6, 6.07) is 0. The highest BCUT2D eigenvalue weighted by molar-refractivity contribution is 8.13. The lowest BCUT2D eigenvalue weighted by Crippen LogP contribution is -2.25. The molecule has 1 fully saturated rings. The van der Waals surface area contributed by atoms with Gasteiger partial charge in [-0.3, -0.25) is 4.79 Å². The van der Waals surface area contributed by atoms with Crippen molar-refractivity contribution in [2.45, 2.75) is 51.0 Å². The molecule has 0 aliphatic heterocycles. The first kappa shape index (κ1) is 12.6. The van der Waals surface area contributed by atoms with Crippen molar-refractivity contribution in [3.05, 3.63) is 0 Å². The van der Waals surface area contributed by atoms with E-state index in [1.165, 1.54) is 31.5 Å². The summed E-state index contributed by atoms with van der Waals surface area (Å²) in [6.07, 6.45) is 6.09. The van der Waals surface area contributed by atoms with Gasteiger partial charge in [0.25, 0.3) is 0 Å². The Morgan fingerprint density at radius 2 is 1.93 bits per heavy atom. The zero-order valence-electron chi connectivity index (χ0n) is 9.21. The lowest BCUT2D eigenvalue weighted by molar-refractivity contribution is -0.109. The van der Waals surface area contributed by atoms with Crippen molar-refractivity contribution in [2.24, 2.45) is 0 Å². The van der Waals surface area contributed by atoms with Gasteiger partial charge in [-0.15, -0.1) is 0 Å². The van der Waals surface area contributed by atoms with Crippen molar-refractivity contribution in [3.63, 3.8) is 0 Å². The lowest BCUT2D eigenvalue weighted by atomic mass is 9.95. The molecule has 1 N–H and O–H groups in total. The zero-order chi connectivity index (χ0) is 11.1. The van der Waals surface area contributed by atoms with E-state index in [0.29, 0.717) is 5.75 Å². The van der Waals surface area contributed by atoms with Crippen LogP contribution in [-0.2, 0) is 4.79 Å². The van der Waals surface area contributed by atoms with Crippen LogP contribution >= 0.6 is 11.8 Å². The fourth-order valence-electron chi connectivity index (χ4n) is 1.78. The van der Waals surface area contributed by atoms with Crippen LogP contribution < -0.4 is 0 Å². The van der Waals surface area contributed by atoms with Crippen molar-refractivity contribution < 1.29 is 9.90 Å². The molecule has 1 aliphatic carbocycles. The largest absolute Gasteiger partial charge is 0.378 e. The van der Waals surface area contributed by atoms with Gasteiger partial charge in [-0.25, -0.2) is 0 Å². The highest BCUT2D eigenvalue weighted by Gasteiger charge is 2.24. The Labute approximate surface area is 95.8 Å². The number of hydrogen-bond donors (Lipinski definition) is 1. The van der Waals surface area contributed by atoms with Crippen molar-refractivity contribution in [1.82, 2.24) is 0 Å². The minimum absolute atomic E-state index is 0.0807. The molecule has 0 heterocycles. The Morgan fingerprint density at radius 3 is 2.47 bits per heavy atom. The molecule has 0 aromatic rings. The fourth-order valence-corrected chi connectivity index (χ4v) is 2.12. The first-order chi connectivity index (χ1) is 7.12. The Kier molecular flexibility index (Phi) is 5.21. The molecule has 1 saturated carbocycles. The molecule has 0 unspecified atom stereocenters. The van der Waals surface area contributed by atoms with E-state index in [-0.39, 0.29) is 5.12 Å². The van der Waals surface area contributed by atoms with Crippen LogP contribution in [0.15, 0.2) is 0 Å². The molecule has 2 nitrogen and oxygen atoms in total. The van der Waals surface area contributed by atoms with Crippen molar-refractivity contribution in [2.75, 3.05) is 5.75 Å². The van der Waals surface area contributed by atoms with Gasteiger partial charge in [0, 0.05) is 6.92 Å². The maximum Gasteiger partial charge on any atom is 0.186 e. The van der Waals surface area contributed by atoms with E-state index in [1.54, 1.807) is 0 Å². The smallest absolute Gasteiger partial charge is 0.186 e. The van der Waals surface area contributed by atoms with Crippen LogP contribution in [0.4, 0.5) is 0 Å². The topological polar surface area (TPSA) is 37.3 Å². The Balaban J connectivity index is 2.42. The highest BCUT2D eigenvalue weighted by atomic mass is 32.2. The molecule has 0 radical (unpaired) electrons. The third-order valence-corrected chi connectivity index (χ3v) is 3.29. The molecule has 0 amide bonds. The molecule has 0 saturated heterocycles. The SMILES string of the molecule is CC(=O)SCC#CC1(O)CCCCCC1. The van der Waals surface area contributed by atoms with Gasteiger partial charge in [0.1, 0.15) is 5.60 Å². The van der Waals surface area contributed by atoms with E-state index in [0.717, 1.165) is 25.7 Å². The zero-order valence-corrected chi connectivity index (χ0v) is 10.0. The Bertz CT molecular complexity index is 267. The van der Waals surface area contributed by atoms with E-state index >= 15 is 0 Å². The van der Waals surface area contributed by atoms with E-state index in [2.05, 4.69) is 11.8 Å². The minimum Gasteiger partial charge on any atom is -0.378 e. The summed E-state index contributed by atoms with van der Waals surface area (Å²) >= 11 is 1.20. The monoisotopic (exact) mass is 226 g/mol. The summed E-state index contributed by atoms with van der Waals surface area (Å²) in [5, 5.41) is 10.2. The quantitative estimate of drug-likeness (QED) is 0.551. The van der Waals surface area contributed by atoms with Crippen molar-refractivity contribution >= 4 is 16.9 Å². The molecule has 1 rings (SSSR count). The Morgan fingerprint density at radius 1 is 1.33 bits per heavy atom. The van der Waals surface area contributed by atoms with Crippen LogP contribution in [-0.4, -0.2) is 21.6 Å². The molecule has 84 valence electrons. The summed E-state index contributed by atoms with van der Waals surface area (Å²) in [5.41, 5.74) is -0.784. The molecular weight excluding hydrogens is 208 g/mol. The maximum absolute atomic E-state index is 10.7. The third kappa shape index (κ3) is 5.25. The lowest BCUT2D eigenvalue weighted by Gasteiger charge is -2.19. The summed E-state index contributed by atoms with van der Waals surface area (Å²) in [6.45, 7) is 1.53. The van der Waals surface area contributed by atoms with E-state index in [9.17, 15) is 9.90 Å². The van der Waals surface area contributed by atoms with Gasteiger partial charge >= 0.3 is 0 Å². The normalized spacial score (nSPS) is 19.9. The van der Waals surface area contributed by atoms with Gasteiger partial charge in [0.05, 0.1) is 5.75 Å².